The van der Waals surface area contributed by atoms with Gasteiger partial charge >= 0.3 is 0 Å². The lowest BCUT2D eigenvalue weighted by Gasteiger charge is -2.11. The molecule has 1 aliphatic rings. The molecule has 10 heteroatoms. The molecule has 1 aliphatic heterocycles. The van der Waals surface area contributed by atoms with E-state index in [1.54, 1.807) is 54.6 Å². The molecule has 0 radical (unpaired) electrons. The zero-order valence-corrected chi connectivity index (χ0v) is 20.4. The molecule has 0 aliphatic carbocycles. The van der Waals surface area contributed by atoms with Crippen LogP contribution in [-0.4, -0.2) is 11.1 Å². The number of rotatable bonds is 5. The van der Waals surface area contributed by atoms with Gasteiger partial charge in [0.15, 0.2) is 10.9 Å². The third kappa shape index (κ3) is 5.65. The Morgan fingerprint density at radius 3 is 2.45 bits per heavy atom. The first-order chi connectivity index (χ1) is 15.8. The van der Waals surface area contributed by atoms with Crippen molar-refractivity contribution in [1.29, 1.82) is 0 Å². The smallest absolute Gasteiger partial charge is 0.264 e. The number of thioether (sulfide) groups is 1. The normalized spacial score (nSPS) is 15.8. The van der Waals surface area contributed by atoms with Gasteiger partial charge in [-0.3, -0.25) is 4.79 Å². The number of carbonyl (C=O) groups excluding carboxylic acids is 1. The summed E-state index contributed by atoms with van der Waals surface area (Å²) in [5.74, 6) is -0.485. The third-order valence-corrected chi connectivity index (χ3v) is 6.73. The molecule has 1 N–H and O–H groups in total. The van der Waals surface area contributed by atoms with Gasteiger partial charge in [0.2, 0.25) is 0 Å². The van der Waals surface area contributed by atoms with Crippen molar-refractivity contribution < 1.29 is 13.9 Å². The maximum atomic E-state index is 13.8. The van der Waals surface area contributed by atoms with Crippen molar-refractivity contribution >= 4 is 81.0 Å². The Hall–Kier alpha value is -2.22. The van der Waals surface area contributed by atoms with Gasteiger partial charge in [-0.25, -0.2) is 9.38 Å². The van der Waals surface area contributed by atoms with Crippen LogP contribution in [0.3, 0.4) is 0 Å². The molecule has 1 saturated heterocycles. The predicted octanol–water partition coefficient (Wildman–Crippen LogP) is 7.91. The molecule has 1 fully saturated rings. The van der Waals surface area contributed by atoms with E-state index in [4.69, 9.17) is 51.1 Å². The number of carbonyl (C=O) groups is 1. The number of hydrogen-bond acceptors (Lipinski definition) is 4. The summed E-state index contributed by atoms with van der Waals surface area (Å²) < 4.78 is 19.4. The van der Waals surface area contributed by atoms with Crippen LogP contribution in [0.25, 0.3) is 6.08 Å². The Labute approximate surface area is 213 Å². The lowest BCUT2D eigenvalue weighted by Crippen LogP contribution is -2.19. The molecular formula is C23H13Cl4FN2O2S. The number of amidine groups is 1. The van der Waals surface area contributed by atoms with Crippen molar-refractivity contribution in [2.75, 3.05) is 0 Å². The van der Waals surface area contributed by atoms with Gasteiger partial charge in [-0.05, 0) is 53.7 Å². The summed E-state index contributed by atoms with van der Waals surface area (Å²) in [6.45, 7) is -0.0311. The molecule has 1 amide bonds. The first-order valence-corrected chi connectivity index (χ1v) is 11.7. The van der Waals surface area contributed by atoms with Gasteiger partial charge < -0.3 is 10.1 Å². The second-order valence-corrected chi connectivity index (χ2v) is 9.38. The van der Waals surface area contributed by atoms with E-state index in [-0.39, 0.29) is 34.1 Å². The number of halogens is 5. The Morgan fingerprint density at radius 1 is 1.00 bits per heavy atom. The minimum atomic E-state index is -0.383. The molecule has 168 valence electrons. The third-order valence-electron chi connectivity index (χ3n) is 4.45. The number of amides is 1. The van der Waals surface area contributed by atoms with Crippen LogP contribution in [0.4, 0.5) is 10.1 Å². The number of benzene rings is 3. The van der Waals surface area contributed by atoms with Crippen LogP contribution in [-0.2, 0) is 11.4 Å². The van der Waals surface area contributed by atoms with Gasteiger partial charge in [-0.1, -0.05) is 70.7 Å². The van der Waals surface area contributed by atoms with E-state index in [1.807, 2.05) is 0 Å². The molecule has 0 bridgehead atoms. The summed E-state index contributed by atoms with van der Waals surface area (Å²) >= 11 is 26.0. The minimum absolute atomic E-state index is 0.0311. The molecule has 4 nitrogen and oxygen atoms in total. The van der Waals surface area contributed by atoms with Crippen molar-refractivity contribution in [3.8, 4) is 5.75 Å². The number of nitrogens with one attached hydrogen (secondary N) is 1. The summed E-state index contributed by atoms with van der Waals surface area (Å²) in [7, 11) is 0. The summed E-state index contributed by atoms with van der Waals surface area (Å²) in [5.41, 5.74) is 1.40. The second kappa shape index (κ2) is 10.4. The van der Waals surface area contributed by atoms with Gasteiger partial charge in [-0.15, -0.1) is 0 Å². The van der Waals surface area contributed by atoms with Gasteiger partial charge in [-0.2, -0.15) is 0 Å². The van der Waals surface area contributed by atoms with Crippen LogP contribution in [0.2, 0.25) is 20.1 Å². The monoisotopic (exact) mass is 540 g/mol. The molecule has 0 atom stereocenters. The highest BCUT2D eigenvalue weighted by molar-refractivity contribution is 8.18. The molecule has 0 unspecified atom stereocenters. The average molecular weight is 542 g/mol. The van der Waals surface area contributed by atoms with E-state index in [9.17, 15) is 9.18 Å². The Bertz CT molecular complexity index is 1290. The van der Waals surface area contributed by atoms with Gasteiger partial charge in [0.05, 0.1) is 30.7 Å². The number of hydrogen-bond donors (Lipinski definition) is 1. The standard InChI is InChI=1S/C23H13Cl4FN2O2S/c24-14-5-3-7-18(20(14)27)29-23-30-22(31)19(33-23)10-12-8-15(25)21(16(26)9-12)32-11-13-4-1-2-6-17(13)28/h1-10H,11H2,(H,29,30,31)/b19-10+. The molecule has 4 rings (SSSR count). The minimum Gasteiger partial charge on any atom is -0.486 e. The van der Waals surface area contributed by atoms with E-state index >= 15 is 0 Å². The van der Waals surface area contributed by atoms with E-state index in [2.05, 4.69) is 10.3 Å². The zero-order valence-electron chi connectivity index (χ0n) is 16.5. The second-order valence-electron chi connectivity index (χ2n) is 6.75. The fourth-order valence-corrected chi connectivity index (χ4v) is 4.67. The maximum absolute atomic E-state index is 13.8. The van der Waals surface area contributed by atoms with Gasteiger partial charge in [0, 0.05) is 5.56 Å². The summed E-state index contributed by atoms with van der Waals surface area (Å²) in [4.78, 5) is 17.1. The van der Waals surface area contributed by atoms with Crippen molar-refractivity contribution in [2.45, 2.75) is 6.61 Å². The largest absolute Gasteiger partial charge is 0.486 e. The number of nitrogens with zero attached hydrogens (tertiary/aromatic N) is 1. The average Bonchev–Trinajstić information content (AvgIpc) is 3.10. The highest BCUT2D eigenvalue weighted by atomic mass is 35.5. The Kier molecular flexibility index (Phi) is 7.51. The topological polar surface area (TPSA) is 50.7 Å². The van der Waals surface area contributed by atoms with E-state index in [0.717, 1.165) is 11.8 Å². The SMILES string of the molecule is O=C1NC(=Nc2cccc(Cl)c2Cl)S/C1=C/c1cc(Cl)c(OCc2ccccc2F)c(Cl)c1. The fraction of sp³-hybridized carbons (Fsp3) is 0.0435. The quantitative estimate of drug-likeness (QED) is 0.334. The van der Waals surface area contributed by atoms with Gasteiger partial charge in [0.1, 0.15) is 12.4 Å². The van der Waals surface area contributed by atoms with Crippen LogP contribution in [0.5, 0.6) is 5.75 Å². The lowest BCUT2D eigenvalue weighted by molar-refractivity contribution is -0.115. The molecular weight excluding hydrogens is 529 g/mol. The van der Waals surface area contributed by atoms with Crippen molar-refractivity contribution in [1.82, 2.24) is 5.32 Å². The Balaban J connectivity index is 1.53. The van der Waals surface area contributed by atoms with E-state index in [0.29, 0.717) is 36.9 Å². The predicted molar refractivity (Wildman–Crippen MR) is 134 cm³/mol. The zero-order chi connectivity index (χ0) is 23.5. The molecule has 1 heterocycles. The first-order valence-electron chi connectivity index (χ1n) is 9.40. The van der Waals surface area contributed by atoms with Crippen molar-refractivity contribution in [3.05, 3.63) is 96.5 Å². The fourth-order valence-electron chi connectivity index (χ4n) is 2.89. The molecule has 0 spiro atoms. The number of ether oxygens (including phenoxy) is 1. The van der Waals surface area contributed by atoms with Crippen LogP contribution < -0.4 is 10.1 Å². The molecule has 0 saturated carbocycles. The van der Waals surface area contributed by atoms with E-state index in [1.165, 1.54) is 6.07 Å². The molecule has 3 aromatic carbocycles. The molecule has 3 aromatic rings. The molecule has 0 aromatic heterocycles. The lowest BCUT2D eigenvalue weighted by atomic mass is 10.2. The summed E-state index contributed by atoms with van der Waals surface area (Å²) in [5, 5.41) is 4.16. The number of aliphatic imine (C=N–C) groups is 1. The highest BCUT2D eigenvalue weighted by Crippen LogP contribution is 2.38. The maximum Gasteiger partial charge on any atom is 0.264 e. The van der Waals surface area contributed by atoms with Gasteiger partial charge in [0.25, 0.3) is 5.91 Å². The Morgan fingerprint density at radius 2 is 1.73 bits per heavy atom. The van der Waals surface area contributed by atoms with E-state index < -0.39 is 0 Å². The van der Waals surface area contributed by atoms with Crippen LogP contribution in [0.1, 0.15) is 11.1 Å². The van der Waals surface area contributed by atoms with Crippen LogP contribution >= 0.6 is 58.2 Å². The highest BCUT2D eigenvalue weighted by Gasteiger charge is 2.24. The first kappa shape index (κ1) is 23.9. The van der Waals surface area contributed by atoms with Crippen LogP contribution in [0.15, 0.2) is 64.5 Å². The molecule has 33 heavy (non-hydrogen) atoms. The van der Waals surface area contributed by atoms with Crippen LogP contribution in [0, 0.1) is 5.82 Å². The van der Waals surface area contributed by atoms with Crippen molar-refractivity contribution in [2.24, 2.45) is 4.99 Å². The summed E-state index contributed by atoms with van der Waals surface area (Å²) in [6, 6.07) is 14.5. The van der Waals surface area contributed by atoms with Crippen molar-refractivity contribution in [3.63, 3.8) is 0 Å². The summed E-state index contributed by atoms with van der Waals surface area (Å²) in [6.07, 6.45) is 1.63.